The Balaban J connectivity index is 1.80. The molecule has 0 radical (unpaired) electrons. The largest absolute Gasteiger partial charge is 0.493 e. The summed E-state index contributed by atoms with van der Waals surface area (Å²) in [7, 11) is 2.60. The maximum absolute atomic E-state index is 12.7. The van der Waals surface area contributed by atoms with Crippen molar-refractivity contribution in [1.29, 1.82) is 0 Å². The van der Waals surface area contributed by atoms with Crippen molar-refractivity contribution >= 4 is 52.5 Å². The van der Waals surface area contributed by atoms with E-state index in [1.54, 1.807) is 12.1 Å². The number of aliphatic carboxylic acids is 1. The molecule has 0 spiro atoms. The molecule has 3 amide bonds. The molecule has 1 saturated heterocycles. The summed E-state index contributed by atoms with van der Waals surface area (Å²) in [5.74, 6) is -1.70. The highest BCUT2D eigenvalue weighted by Gasteiger charge is 2.34. The van der Waals surface area contributed by atoms with Gasteiger partial charge in [0.15, 0.2) is 18.1 Å². The van der Waals surface area contributed by atoms with Crippen molar-refractivity contribution in [1.82, 2.24) is 10.2 Å². The highest BCUT2D eigenvalue weighted by atomic mass is 127. The molecule has 2 heterocycles. The molecule has 11 nitrogen and oxygen atoms in total. The molecule has 1 fully saturated rings. The van der Waals surface area contributed by atoms with Crippen LogP contribution in [0.5, 0.6) is 11.5 Å². The van der Waals surface area contributed by atoms with Gasteiger partial charge in [0.2, 0.25) is 5.76 Å². The summed E-state index contributed by atoms with van der Waals surface area (Å²) < 4.78 is 20.9. The van der Waals surface area contributed by atoms with E-state index < -0.39 is 30.5 Å². The van der Waals surface area contributed by atoms with Gasteiger partial charge in [0.1, 0.15) is 11.5 Å². The van der Waals surface area contributed by atoms with Gasteiger partial charge in [0, 0.05) is 0 Å². The number of halogens is 1. The number of esters is 1. The smallest absolute Gasteiger partial charge is 0.373 e. The molecule has 3 rings (SSSR count). The molecule has 1 aliphatic rings. The van der Waals surface area contributed by atoms with E-state index in [0.717, 1.165) is 4.90 Å². The summed E-state index contributed by atoms with van der Waals surface area (Å²) in [6.45, 7) is -0.720. The zero-order valence-electron chi connectivity index (χ0n) is 16.8. The van der Waals surface area contributed by atoms with Crippen molar-refractivity contribution in [2.75, 3.05) is 20.8 Å². The molecule has 0 unspecified atom stereocenters. The van der Waals surface area contributed by atoms with E-state index >= 15 is 0 Å². The summed E-state index contributed by atoms with van der Waals surface area (Å²) in [6, 6.07) is 5.39. The van der Waals surface area contributed by atoms with E-state index in [1.807, 2.05) is 22.6 Å². The Labute approximate surface area is 195 Å². The second-order valence-electron chi connectivity index (χ2n) is 6.35. The molecular weight excluding hydrogens is 539 g/mol. The Morgan fingerprint density at radius 2 is 2.00 bits per heavy atom. The number of carboxylic acid groups (broad SMARTS) is 1. The van der Waals surface area contributed by atoms with Gasteiger partial charge in [0.25, 0.3) is 5.91 Å². The van der Waals surface area contributed by atoms with Crippen LogP contribution < -0.4 is 14.8 Å². The second-order valence-corrected chi connectivity index (χ2v) is 7.52. The van der Waals surface area contributed by atoms with Gasteiger partial charge in [-0.15, -0.1) is 0 Å². The lowest BCUT2D eigenvalue weighted by Crippen LogP contribution is -2.30. The predicted molar refractivity (Wildman–Crippen MR) is 116 cm³/mol. The van der Waals surface area contributed by atoms with Crippen LogP contribution in [0.1, 0.15) is 21.9 Å². The number of furan rings is 1. The minimum atomic E-state index is -1.14. The first-order chi connectivity index (χ1) is 15.2. The van der Waals surface area contributed by atoms with Crippen LogP contribution in [0, 0.1) is 3.57 Å². The number of carbonyl (C=O) groups excluding carboxylic acids is 3. The minimum absolute atomic E-state index is 0.0202. The summed E-state index contributed by atoms with van der Waals surface area (Å²) in [5.41, 5.74) is 0.539. The van der Waals surface area contributed by atoms with Crippen LogP contribution in [0.2, 0.25) is 0 Å². The standard InChI is InChI=1S/C20H17IN2O9/c1-29-15-7-10(5-12(21)17(15)31-9-16(24)25)6-13-18(26)23(20(28)22-13)8-11-3-4-14(32-11)19(27)30-2/h3-7H,8-9H2,1-2H3,(H,22,28)(H,24,25)/b13-6-. The third-order valence-electron chi connectivity index (χ3n) is 4.23. The number of hydrogen-bond acceptors (Lipinski definition) is 8. The molecule has 32 heavy (non-hydrogen) atoms. The first kappa shape index (κ1) is 23.1. The number of methoxy groups -OCH3 is 2. The van der Waals surface area contributed by atoms with Crippen LogP contribution in [0.3, 0.4) is 0 Å². The van der Waals surface area contributed by atoms with Gasteiger partial charge < -0.3 is 29.1 Å². The second kappa shape index (κ2) is 9.72. The predicted octanol–water partition coefficient (Wildman–Crippen LogP) is 2.24. The molecule has 0 bridgehead atoms. The van der Waals surface area contributed by atoms with Crippen LogP contribution in [0.25, 0.3) is 6.08 Å². The number of amides is 3. The van der Waals surface area contributed by atoms with Gasteiger partial charge in [-0.3, -0.25) is 9.69 Å². The van der Waals surface area contributed by atoms with E-state index in [4.69, 9.17) is 19.0 Å². The monoisotopic (exact) mass is 556 g/mol. The lowest BCUT2D eigenvalue weighted by atomic mass is 10.1. The van der Waals surface area contributed by atoms with Crippen molar-refractivity contribution in [3.05, 3.63) is 50.6 Å². The molecule has 2 aromatic rings. The molecule has 2 N–H and O–H groups in total. The number of rotatable bonds is 8. The Morgan fingerprint density at radius 3 is 2.66 bits per heavy atom. The first-order valence-electron chi connectivity index (χ1n) is 8.97. The van der Waals surface area contributed by atoms with Gasteiger partial charge in [0.05, 0.1) is 24.3 Å². The van der Waals surface area contributed by atoms with E-state index in [9.17, 15) is 19.2 Å². The Morgan fingerprint density at radius 1 is 1.25 bits per heavy atom. The van der Waals surface area contributed by atoms with Crippen LogP contribution >= 0.6 is 22.6 Å². The maximum Gasteiger partial charge on any atom is 0.373 e. The number of carbonyl (C=O) groups is 4. The van der Waals surface area contributed by atoms with Gasteiger partial charge >= 0.3 is 18.0 Å². The number of nitrogens with one attached hydrogen (secondary N) is 1. The van der Waals surface area contributed by atoms with Crippen molar-refractivity contribution in [2.24, 2.45) is 0 Å². The zero-order chi connectivity index (χ0) is 23.4. The van der Waals surface area contributed by atoms with Gasteiger partial charge in [-0.25, -0.2) is 14.4 Å². The summed E-state index contributed by atoms with van der Waals surface area (Å²) in [4.78, 5) is 48.2. The molecule has 168 valence electrons. The molecule has 1 aromatic carbocycles. The van der Waals surface area contributed by atoms with Crippen LogP contribution in [0.15, 0.2) is 34.4 Å². The van der Waals surface area contributed by atoms with E-state index in [-0.39, 0.29) is 35.3 Å². The summed E-state index contributed by atoms with van der Waals surface area (Å²) in [5, 5.41) is 11.3. The SMILES string of the molecule is COC(=O)c1ccc(CN2C(=O)N/C(=C\c3cc(I)c(OCC(=O)O)c(OC)c3)C2=O)o1. The average molecular weight is 556 g/mol. The summed E-state index contributed by atoms with van der Waals surface area (Å²) in [6.07, 6.45) is 1.45. The number of imide groups is 1. The maximum atomic E-state index is 12.7. The Kier molecular flexibility index (Phi) is 7.02. The highest BCUT2D eigenvalue weighted by Crippen LogP contribution is 2.35. The van der Waals surface area contributed by atoms with Gasteiger partial charge in [-0.1, -0.05) is 0 Å². The number of nitrogens with zero attached hydrogens (tertiary/aromatic N) is 1. The van der Waals surface area contributed by atoms with Crippen LogP contribution in [0.4, 0.5) is 4.79 Å². The Bertz CT molecular complexity index is 1120. The molecule has 0 atom stereocenters. The number of ether oxygens (including phenoxy) is 3. The fraction of sp³-hybridized carbons (Fsp3) is 0.200. The highest BCUT2D eigenvalue weighted by molar-refractivity contribution is 14.1. The lowest BCUT2D eigenvalue weighted by Gasteiger charge is -2.12. The number of hydrogen-bond donors (Lipinski definition) is 2. The molecule has 1 aliphatic heterocycles. The topological polar surface area (TPSA) is 145 Å². The van der Waals surface area contributed by atoms with Gasteiger partial charge in [-0.2, -0.15) is 0 Å². The lowest BCUT2D eigenvalue weighted by molar-refractivity contribution is -0.139. The Hall–Kier alpha value is -3.55. The quantitative estimate of drug-likeness (QED) is 0.217. The number of urea groups is 1. The molecule has 12 heteroatoms. The molecular formula is C20H17IN2O9. The number of carboxylic acids is 1. The molecule has 1 aromatic heterocycles. The van der Waals surface area contributed by atoms with Crippen molar-refractivity contribution in [3.63, 3.8) is 0 Å². The molecule has 0 aliphatic carbocycles. The third kappa shape index (κ3) is 5.01. The van der Waals surface area contributed by atoms with Crippen LogP contribution in [-0.4, -0.2) is 54.7 Å². The van der Waals surface area contributed by atoms with Crippen molar-refractivity contribution < 1.29 is 42.9 Å². The first-order valence-corrected chi connectivity index (χ1v) is 10.0. The third-order valence-corrected chi connectivity index (χ3v) is 5.03. The zero-order valence-corrected chi connectivity index (χ0v) is 19.0. The normalized spacial score (nSPS) is 14.5. The van der Waals surface area contributed by atoms with E-state index in [0.29, 0.717) is 9.13 Å². The van der Waals surface area contributed by atoms with Crippen molar-refractivity contribution in [3.8, 4) is 11.5 Å². The van der Waals surface area contributed by atoms with Crippen LogP contribution in [-0.2, 0) is 20.9 Å². The van der Waals surface area contributed by atoms with Crippen molar-refractivity contribution in [2.45, 2.75) is 6.54 Å². The van der Waals surface area contributed by atoms with E-state index in [1.165, 1.54) is 32.4 Å². The average Bonchev–Trinajstić information content (AvgIpc) is 3.32. The number of benzene rings is 1. The van der Waals surface area contributed by atoms with E-state index in [2.05, 4.69) is 10.1 Å². The summed E-state index contributed by atoms with van der Waals surface area (Å²) >= 11 is 1.95. The fourth-order valence-electron chi connectivity index (χ4n) is 2.81. The van der Waals surface area contributed by atoms with Gasteiger partial charge in [-0.05, 0) is 58.5 Å². The fourth-order valence-corrected chi connectivity index (χ4v) is 3.59. The minimum Gasteiger partial charge on any atom is -0.493 e. The molecule has 0 saturated carbocycles.